The van der Waals surface area contributed by atoms with Crippen molar-refractivity contribution < 1.29 is 8.42 Å². The first-order valence-electron chi connectivity index (χ1n) is 11.6. The average molecular weight is 472 g/mol. The fourth-order valence-corrected chi connectivity index (χ4v) is 5.65. The molecule has 2 aromatic carbocycles. The molecule has 8 heteroatoms. The third kappa shape index (κ3) is 3.88. The van der Waals surface area contributed by atoms with E-state index in [0.29, 0.717) is 17.4 Å². The number of nitrogens with zero attached hydrogens (tertiary/aromatic N) is 4. The molecule has 1 N–H and O–H groups in total. The van der Waals surface area contributed by atoms with Crippen LogP contribution < -0.4 is 4.72 Å². The number of hydrogen-bond donors (Lipinski definition) is 1. The molecule has 2 aromatic heterocycles. The molecule has 2 heterocycles. The number of fused-ring (bicyclic) bond motifs is 2. The van der Waals surface area contributed by atoms with Gasteiger partial charge in [-0.2, -0.15) is 0 Å². The van der Waals surface area contributed by atoms with Gasteiger partial charge in [0.15, 0.2) is 0 Å². The van der Waals surface area contributed by atoms with Crippen LogP contribution in [-0.2, 0) is 16.4 Å². The van der Waals surface area contributed by atoms with Gasteiger partial charge in [-0.3, -0.25) is 9.71 Å². The standard InChI is InChI=1S/C26H25N5O2S/c1-34(32,33)30-19-6-4-5-18(13-19)24-15-27-23-12-10-21(26(23)29-24)17-9-11-22-25(14-17)31(16-28-22)20-7-2-3-8-20/h4-6,9-11,13-16,20,30H,2-3,7-8,12H2,1H3. The maximum atomic E-state index is 11.6. The number of sulfonamides is 1. The van der Waals surface area contributed by atoms with Crippen LogP contribution in [0.15, 0.2) is 61.1 Å². The molecule has 172 valence electrons. The van der Waals surface area contributed by atoms with Gasteiger partial charge in [-0.25, -0.2) is 18.4 Å². The largest absolute Gasteiger partial charge is 0.327 e. The van der Waals surface area contributed by atoms with Gasteiger partial charge in [-0.1, -0.05) is 37.1 Å². The molecule has 4 aromatic rings. The molecule has 0 amide bonds. The molecule has 6 rings (SSSR count). The number of rotatable bonds is 5. The lowest BCUT2D eigenvalue weighted by Gasteiger charge is -2.13. The maximum Gasteiger partial charge on any atom is 0.229 e. The van der Waals surface area contributed by atoms with Gasteiger partial charge in [0.2, 0.25) is 10.0 Å². The van der Waals surface area contributed by atoms with Gasteiger partial charge < -0.3 is 4.57 Å². The Labute approximate surface area is 198 Å². The summed E-state index contributed by atoms with van der Waals surface area (Å²) in [5.41, 5.74) is 8.24. The van der Waals surface area contributed by atoms with Gasteiger partial charge in [0.1, 0.15) is 0 Å². The third-order valence-corrected chi connectivity index (χ3v) is 7.27. The Morgan fingerprint density at radius 3 is 2.71 bits per heavy atom. The van der Waals surface area contributed by atoms with E-state index >= 15 is 0 Å². The lowest BCUT2D eigenvalue weighted by Crippen LogP contribution is -2.09. The van der Waals surface area contributed by atoms with Crippen molar-refractivity contribution in [2.24, 2.45) is 0 Å². The molecular weight excluding hydrogens is 446 g/mol. The van der Waals surface area contributed by atoms with Crippen molar-refractivity contribution in [3.63, 3.8) is 0 Å². The Balaban J connectivity index is 1.37. The van der Waals surface area contributed by atoms with E-state index in [2.05, 4.69) is 43.5 Å². The molecule has 1 fully saturated rings. The van der Waals surface area contributed by atoms with Crippen molar-refractivity contribution in [3.8, 4) is 11.3 Å². The first-order chi connectivity index (χ1) is 16.4. The van der Waals surface area contributed by atoms with Crippen molar-refractivity contribution in [1.82, 2.24) is 19.5 Å². The summed E-state index contributed by atoms with van der Waals surface area (Å²) >= 11 is 0. The summed E-state index contributed by atoms with van der Waals surface area (Å²) < 4.78 is 28.1. The smallest absolute Gasteiger partial charge is 0.229 e. The molecule has 2 aliphatic rings. The Hall–Kier alpha value is -3.52. The quantitative estimate of drug-likeness (QED) is 0.444. The highest BCUT2D eigenvalue weighted by Gasteiger charge is 2.22. The highest BCUT2D eigenvalue weighted by atomic mass is 32.2. The fraction of sp³-hybridized carbons (Fsp3) is 0.269. The van der Waals surface area contributed by atoms with Crippen molar-refractivity contribution in [2.45, 2.75) is 38.1 Å². The van der Waals surface area contributed by atoms with Gasteiger partial charge in [-0.05, 0) is 42.7 Å². The van der Waals surface area contributed by atoms with E-state index in [9.17, 15) is 8.42 Å². The minimum Gasteiger partial charge on any atom is -0.327 e. The number of imidazole rings is 1. The molecule has 0 spiro atoms. The number of hydrogen-bond acceptors (Lipinski definition) is 5. The Morgan fingerprint density at radius 2 is 1.88 bits per heavy atom. The Morgan fingerprint density at radius 1 is 1.03 bits per heavy atom. The molecule has 0 bridgehead atoms. The maximum absolute atomic E-state index is 11.6. The van der Waals surface area contributed by atoms with E-state index in [1.54, 1.807) is 18.3 Å². The molecule has 34 heavy (non-hydrogen) atoms. The van der Waals surface area contributed by atoms with E-state index < -0.39 is 10.0 Å². The highest BCUT2D eigenvalue weighted by molar-refractivity contribution is 7.92. The van der Waals surface area contributed by atoms with E-state index in [0.717, 1.165) is 46.3 Å². The second kappa shape index (κ2) is 8.06. The summed E-state index contributed by atoms with van der Waals surface area (Å²) in [6, 6.07) is 14.2. The van der Waals surface area contributed by atoms with Gasteiger partial charge in [0.25, 0.3) is 0 Å². The van der Waals surface area contributed by atoms with Crippen LogP contribution in [0.3, 0.4) is 0 Å². The normalized spacial score (nSPS) is 16.1. The molecule has 0 atom stereocenters. The zero-order valence-electron chi connectivity index (χ0n) is 18.9. The van der Waals surface area contributed by atoms with Crippen LogP contribution in [0.5, 0.6) is 0 Å². The van der Waals surface area contributed by atoms with Crippen molar-refractivity contribution in [1.29, 1.82) is 0 Å². The van der Waals surface area contributed by atoms with Gasteiger partial charge in [0, 0.05) is 29.3 Å². The summed E-state index contributed by atoms with van der Waals surface area (Å²) in [6.07, 6.45) is 12.8. The summed E-state index contributed by atoms with van der Waals surface area (Å²) in [5.74, 6) is 0. The van der Waals surface area contributed by atoms with Crippen molar-refractivity contribution in [2.75, 3.05) is 11.0 Å². The lowest BCUT2D eigenvalue weighted by molar-refractivity contribution is 0.532. The first kappa shape index (κ1) is 21.0. The van der Waals surface area contributed by atoms with E-state index in [1.165, 1.54) is 31.2 Å². The summed E-state index contributed by atoms with van der Waals surface area (Å²) in [5, 5.41) is 0. The predicted octanol–water partition coefficient (Wildman–Crippen LogP) is 4.97. The van der Waals surface area contributed by atoms with Crippen LogP contribution in [-0.4, -0.2) is 34.2 Å². The minimum atomic E-state index is -3.36. The summed E-state index contributed by atoms with van der Waals surface area (Å²) in [6.45, 7) is 0. The van der Waals surface area contributed by atoms with Crippen LogP contribution in [0.4, 0.5) is 5.69 Å². The highest BCUT2D eigenvalue weighted by Crippen LogP contribution is 2.36. The number of aromatic nitrogens is 4. The second-order valence-electron chi connectivity index (χ2n) is 9.12. The van der Waals surface area contributed by atoms with Gasteiger partial charge in [0.05, 0.1) is 46.9 Å². The zero-order chi connectivity index (χ0) is 23.3. The van der Waals surface area contributed by atoms with E-state index in [4.69, 9.17) is 4.98 Å². The monoisotopic (exact) mass is 471 g/mol. The number of allylic oxidation sites excluding steroid dienone is 1. The molecule has 0 saturated heterocycles. The number of anilines is 1. The van der Waals surface area contributed by atoms with Crippen LogP contribution in [0.1, 0.15) is 48.7 Å². The zero-order valence-corrected chi connectivity index (χ0v) is 19.7. The molecule has 0 radical (unpaired) electrons. The Bertz CT molecular complexity index is 1550. The predicted molar refractivity (Wildman–Crippen MR) is 134 cm³/mol. The lowest BCUT2D eigenvalue weighted by atomic mass is 10.0. The second-order valence-corrected chi connectivity index (χ2v) is 10.9. The molecule has 1 saturated carbocycles. The van der Waals surface area contributed by atoms with Crippen molar-refractivity contribution >= 4 is 32.3 Å². The van der Waals surface area contributed by atoms with Gasteiger partial charge >= 0.3 is 0 Å². The van der Waals surface area contributed by atoms with Crippen LogP contribution in [0.2, 0.25) is 0 Å². The molecule has 2 aliphatic carbocycles. The number of nitrogens with one attached hydrogen (secondary N) is 1. The Kier molecular flexibility index (Phi) is 4.99. The van der Waals surface area contributed by atoms with Crippen LogP contribution in [0, 0.1) is 0 Å². The topological polar surface area (TPSA) is 89.8 Å². The van der Waals surface area contributed by atoms with E-state index in [1.807, 2.05) is 18.5 Å². The first-order valence-corrected chi connectivity index (χ1v) is 13.5. The van der Waals surface area contributed by atoms with E-state index in [-0.39, 0.29) is 0 Å². The number of benzene rings is 2. The van der Waals surface area contributed by atoms with Gasteiger partial charge in [-0.15, -0.1) is 0 Å². The third-order valence-electron chi connectivity index (χ3n) is 6.67. The fourth-order valence-electron chi connectivity index (χ4n) is 5.09. The average Bonchev–Trinajstić information content (AvgIpc) is 3.56. The summed E-state index contributed by atoms with van der Waals surface area (Å²) in [4.78, 5) is 14.3. The van der Waals surface area contributed by atoms with Crippen LogP contribution in [0.25, 0.3) is 27.9 Å². The SMILES string of the molecule is CS(=O)(=O)Nc1cccc(-c2cnc3c(n2)C(c2ccc4ncn(C5CCCC5)c4c2)=CC3)c1. The molecule has 7 nitrogen and oxygen atoms in total. The molecule has 0 aliphatic heterocycles. The van der Waals surface area contributed by atoms with Crippen LogP contribution >= 0.6 is 0 Å². The van der Waals surface area contributed by atoms with Crippen molar-refractivity contribution in [3.05, 3.63) is 78.0 Å². The summed E-state index contributed by atoms with van der Waals surface area (Å²) in [7, 11) is -3.36. The molecular formula is C26H25N5O2S. The minimum absolute atomic E-state index is 0.503. The molecule has 0 unspecified atom stereocenters.